The number of hydrogen-bond donors (Lipinski definition) is 1. The molecule has 1 aromatic carbocycles. The van der Waals surface area contributed by atoms with Crippen LogP contribution < -0.4 is 0 Å². The van der Waals surface area contributed by atoms with E-state index in [0.717, 1.165) is 22.7 Å². The van der Waals surface area contributed by atoms with E-state index in [4.69, 9.17) is 5.26 Å². The van der Waals surface area contributed by atoms with Gasteiger partial charge >= 0.3 is 6.18 Å². The van der Waals surface area contributed by atoms with Crippen molar-refractivity contribution in [2.75, 3.05) is 5.75 Å². The van der Waals surface area contributed by atoms with Gasteiger partial charge in [0.05, 0.1) is 11.1 Å². The Kier molecular flexibility index (Phi) is 3.53. The van der Waals surface area contributed by atoms with E-state index < -0.39 is 12.1 Å². The minimum Gasteiger partial charge on any atom is -0.350 e. The highest BCUT2D eigenvalue weighted by molar-refractivity contribution is 7.99. The van der Waals surface area contributed by atoms with Crippen molar-refractivity contribution >= 4 is 22.7 Å². The standard InChI is InChI=1S/C12H9F3N2S/c13-12(14,15)9(6-16)7-18-11-5-8-3-1-2-4-10(8)17-11/h1-5,9,17H,7H2. The van der Waals surface area contributed by atoms with Crippen LogP contribution in [0.5, 0.6) is 0 Å². The lowest BCUT2D eigenvalue weighted by atomic mass is 10.2. The summed E-state index contributed by atoms with van der Waals surface area (Å²) in [4.78, 5) is 3.01. The average Bonchev–Trinajstić information content (AvgIpc) is 2.70. The van der Waals surface area contributed by atoms with Gasteiger partial charge in [0.25, 0.3) is 0 Å². The normalized spacial score (nSPS) is 13.4. The van der Waals surface area contributed by atoms with E-state index in [-0.39, 0.29) is 5.75 Å². The number of nitrogens with zero attached hydrogens (tertiary/aromatic N) is 1. The Labute approximate surface area is 106 Å². The molecule has 1 atom stereocenters. The van der Waals surface area contributed by atoms with Crippen molar-refractivity contribution in [2.45, 2.75) is 11.2 Å². The predicted octanol–water partition coefficient (Wildman–Crippen LogP) is 3.96. The Balaban J connectivity index is 2.08. The Morgan fingerprint density at radius 2 is 2.06 bits per heavy atom. The van der Waals surface area contributed by atoms with E-state index in [1.54, 1.807) is 6.07 Å². The lowest BCUT2D eigenvalue weighted by molar-refractivity contribution is -0.152. The molecule has 6 heteroatoms. The van der Waals surface area contributed by atoms with Crippen LogP contribution in [0.15, 0.2) is 35.4 Å². The lowest BCUT2D eigenvalue weighted by Gasteiger charge is -2.11. The van der Waals surface area contributed by atoms with E-state index in [0.29, 0.717) is 5.03 Å². The molecule has 1 aromatic heterocycles. The van der Waals surface area contributed by atoms with Crippen molar-refractivity contribution in [3.8, 4) is 6.07 Å². The van der Waals surface area contributed by atoms with Gasteiger partial charge in [-0.3, -0.25) is 0 Å². The van der Waals surface area contributed by atoms with Crippen LogP contribution in [0.25, 0.3) is 10.9 Å². The number of aromatic nitrogens is 1. The second kappa shape index (κ2) is 4.94. The molecule has 0 bridgehead atoms. The smallest absolute Gasteiger partial charge is 0.350 e. The van der Waals surface area contributed by atoms with Gasteiger partial charge in [-0.25, -0.2) is 0 Å². The fourth-order valence-electron chi connectivity index (χ4n) is 1.50. The second-order valence-corrected chi connectivity index (χ2v) is 4.82. The third kappa shape index (κ3) is 2.79. The Morgan fingerprint density at radius 1 is 1.33 bits per heavy atom. The number of para-hydroxylation sites is 1. The number of halogens is 3. The first-order chi connectivity index (χ1) is 8.50. The van der Waals surface area contributed by atoms with Crippen LogP contribution >= 0.6 is 11.8 Å². The molecule has 18 heavy (non-hydrogen) atoms. The summed E-state index contributed by atoms with van der Waals surface area (Å²) in [6.45, 7) is 0. The van der Waals surface area contributed by atoms with Crippen LogP contribution in [0.4, 0.5) is 13.2 Å². The number of benzene rings is 1. The van der Waals surface area contributed by atoms with Crippen LogP contribution in [-0.2, 0) is 0 Å². The van der Waals surface area contributed by atoms with Gasteiger partial charge in [0.15, 0.2) is 5.92 Å². The minimum absolute atomic E-state index is 0.299. The van der Waals surface area contributed by atoms with Crippen molar-refractivity contribution in [2.24, 2.45) is 5.92 Å². The largest absolute Gasteiger partial charge is 0.405 e. The fraction of sp³-hybridized carbons (Fsp3) is 0.250. The van der Waals surface area contributed by atoms with Gasteiger partial charge in [0.1, 0.15) is 0 Å². The molecular formula is C12H9F3N2S. The number of nitrogens with one attached hydrogen (secondary N) is 1. The number of fused-ring (bicyclic) bond motifs is 1. The number of hydrogen-bond acceptors (Lipinski definition) is 2. The molecule has 0 aliphatic rings. The van der Waals surface area contributed by atoms with Crippen molar-refractivity contribution in [1.29, 1.82) is 5.26 Å². The summed E-state index contributed by atoms with van der Waals surface area (Å²) in [5.74, 6) is -2.23. The number of rotatable bonds is 3. The first-order valence-corrected chi connectivity index (χ1v) is 6.16. The summed E-state index contributed by atoms with van der Waals surface area (Å²) in [6.07, 6.45) is -4.46. The number of thioether (sulfide) groups is 1. The van der Waals surface area contributed by atoms with Crippen molar-refractivity contribution in [3.05, 3.63) is 30.3 Å². The topological polar surface area (TPSA) is 39.6 Å². The Hall–Kier alpha value is -1.61. The quantitative estimate of drug-likeness (QED) is 0.857. The molecule has 0 saturated heterocycles. The highest BCUT2D eigenvalue weighted by Gasteiger charge is 2.39. The third-order valence-corrected chi connectivity index (χ3v) is 3.49. The molecule has 0 aliphatic carbocycles. The summed E-state index contributed by atoms with van der Waals surface area (Å²) >= 11 is 1.01. The highest BCUT2D eigenvalue weighted by Crippen LogP contribution is 2.32. The van der Waals surface area contributed by atoms with Crippen LogP contribution in [0.1, 0.15) is 0 Å². The van der Waals surface area contributed by atoms with E-state index in [1.807, 2.05) is 24.3 Å². The number of aromatic amines is 1. The summed E-state index contributed by atoms with van der Waals surface area (Å²) in [6, 6.07) is 10.5. The summed E-state index contributed by atoms with van der Waals surface area (Å²) in [5, 5.41) is 10.1. The van der Waals surface area contributed by atoms with Crippen molar-refractivity contribution in [3.63, 3.8) is 0 Å². The van der Waals surface area contributed by atoms with Crippen LogP contribution in [0.2, 0.25) is 0 Å². The van der Waals surface area contributed by atoms with Crippen LogP contribution in [-0.4, -0.2) is 16.9 Å². The molecule has 0 fully saturated rings. The lowest BCUT2D eigenvalue weighted by Crippen LogP contribution is -2.23. The minimum atomic E-state index is -4.46. The van der Waals surface area contributed by atoms with Gasteiger partial charge in [0, 0.05) is 16.7 Å². The maximum atomic E-state index is 12.4. The van der Waals surface area contributed by atoms with Crippen LogP contribution in [0, 0.1) is 17.2 Å². The van der Waals surface area contributed by atoms with E-state index in [2.05, 4.69) is 4.98 Å². The maximum Gasteiger partial charge on any atom is 0.405 e. The first-order valence-electron chi connectivity index (χ1n) is 5.17. The van der Waals surface area contributed by atoms with Crippen LogP contribution in [0.3, 0.4) is 0 Å². The summed E-state index contributed by atoms with van der Waals surface area (Å²) in [5.41, 5.74) is 0.875. The van der Waals surface area contributed by atoms with Crippen molar-refractivity contribution < 1.29 is 13.2 Å². The number of H-pyrrole nitrogens is 1. The monoisotopic (exact) mass is 270 g/mol. The molecule has 2 nitrogen and oxygen atoms in total. The van der Waals surface area contributed by atoms with E-state index >= 15 is 0 Å². The van der Waals surface area contributed by atoms with Gasteiger partial charge in [-0.1, -0.05) is 18.2 Å². The van der Waals surface area contributed by atoms with Crippen molar-refractivity contribution in [1.82, 2.24) is 4.98 Å². The Morgan fingerprint density at radius 3 is 2.67 bits per heavy atom. The highest BCUT2D eigenvalue weighted by atomic mass is 32.2. The molecule has 1 unspecified atom stereocenters. The molecule has 1 heterocycles. The fourth-order valence-corrected chi connectivity index (χ4v) is 2.50. The van der Waals surface area contributed by atoms with Gasteiger partial charge < -0.3 is 4.98 Å². The molecule has 2 rings (SSSR count). The zero-order valence-electron chi connectivity index (χ0n) is 9.16. The molecule has 0 radical (unpaired) electrons. The maximum absolute atomic E-state index is 12.4. The molecule has 2 aromatic rings. The summed E-state index contributed by atoms with van der Waals surface area (Å²) < 4.78 is 37.1. The molecule has 94 valence electrons. The SMILES string of the molecule is N#CC(CSc1cc2ccccc2[nH]1)C(F)(F)F. The molecule has 0 aliphatic heterocycles. The molecule has 0 amide bonds. The molecule has 0 saturated carbocycles. The van der Waals surface area contributed by atoms with Gasteiger partial charge in [-0.15, -0.1) is 11.8 Å². The predicted molar refractivity (Wildman–Crippen MR) is 64.2 cm³/mol. The third-order valence-electron chi connectivity index (χ3n) is 2.46. The number of nitriles is 1. The van der Waals surface area contributed by atoms with Gasteiger partial charge in [-0.2, -0.15) is 18.4 Å². The molecule has 1 N–H and O–H groups in total. The average molecular weight is 270 g/mol. The van der Waals surface area contributed by atoms with E-state index in [9.17, 15) is 13.2 Å². The zero-order valence-corrected chi connectivity index (χ0v) is 9.98. The van der Waals surface area contributed by atoms with Gasteiger partial charge in [-0.05, 0) is 12.1 Å². The second-order valence-electron chi connectivity index (χ2n) is 3.76. The molecule has 0 spiro atoms. The van der Waals surface area contributed by atoms with Gasteiger partial charge in [0.2, 0.25) is 0 Å². The van der Waals surface area contributed by atoms with E-state index in [1.165, 1.54) is 6.07 Å². The number of alkyl halides is 3. The molecular weight excluding hydrogens is 261 g/mol. The first kappa shape index (κ1) is 12.8. The zero-order chi connectivity index (χ0) is 13.2. The Bertz CT molecular complexity index is 550. The summed E-state index contributed by atoms with van der Waals surface area (Å²) in [7, 11) is 0.